The molecule has 1 aliphatic heterocycles. The Bertz CT molecular complexity index is 3100. The van der Waals surface area contributed by atoms with Gasteiger partial charge in [0, 0.05) is 33.0 Å². The summed E-state index contributed by atoms with van der Waals surface area (Å²) in [5.74, 6) is 1.81. The molecule has 0 bridgehead atoms. The Morgan fingerprint density at radius 2 is 1.00 bits per heavy atom. The van der Waals surface area contributed by atoms with E-state index in [-0.39, 0.29) is 0 Å². The molecule has 1 spiro atoms. The van der Waals surface area contributed by atoms with Gasteiger partial charge in [-0.3, -0.25) is 0 Å². The lowest BCUT2D eigenvalue weighted by atomic mass is 9.66. The summed E-state index contributed by atoms with van der Waals surface area (Å²) in [6.07, 6.45) is 0. The Balaban J connectivity index is 1.17. The molecule has 2 heteroatoms. The highest BCUT2D eigenvalue weighted by Gasteiger charge is 2.51. The molecular formula is C51H31NO. The molecule has 1 aliphatic carbocycles. The van der Waals surface area contributed by atoms with Crippen LogP contribution in [0.3, 0.4) is 0 Å². The van der Waals surface area contributed by atoms with E-state index < -0.39 is 5.41 Å². The first-order valence-electron chi connectivity index (χ1n) is 18.3. The van der Waals surface area contributed by atoms with Crippen LogP contribution in [-0.2, 0) is 5.41 Å². The zero-order chi connectivity index (χ0) is 34.7. The molecule has 246 valence electrons. The van der Waals surface area contributed by atoms with Gasteiger partial charge in [-0.2, -0.15) is 0 Å². The van der Waals surface area contributed by atoms with Crippen LogP contribution in [0.4, 0.5) is 0 Å². The van der Waals surface area contributed by atoms with Crippen molar-refractivity contribution in [1.82, 2.24) is 4.57 Å². The van der Waals surface area contributed by atoms with Crippen LogP contribution < -0.4 is 4.74 Å². The molecule has 12 rings (SSSR count). The minimum absolute atomic E-state index is 0.533. The number of ether oxygens (including phenoxy) is 1. The molecule has 0 radical (unpaired) electrons. The number of para-hydroxylation sites is 1. The number of benzene rings is 9. The van der Waals surface area contributed by atoms with E-state index in [1.165, 1.54) is 82.3 Å². The fourth-order valence-electron chi connectivity index (χ4n) is 9.56. The molecule has 0 fully saturated rings. The van der Waals surface area contributed by atoms with Crippen molar-refractivity contribution in [3.8, 4) is 39.4 Å². The summed E-state index contributed by atoms with van der Waals surface area (Å²) in [5.41, 5.74) is 12.9. The zero-order valence-corrected chi connectivity index (χ0v) is 28.8. The quantitative estimate of drug-likeness (QED) is 0.178. The van der Waals surface area contributed by atoms with Gasteiger partial charge in [-0.1, -0.05) is 152 Å². The highest BCUT2D eigenvalue weighted by molar-refractivity contribution is 6.19. The normalized spacial score (nSPS) is 13.6. The van der Waals surface area contributed by atoms with Crippen LogP contribution in [0.15, 0.2) is 188 Å². The third-order valence-electron chi connectivity index (χ3n) is 11.8. The SMILES string of the molecule is c1ccc2c(c1)Oc1cc3c4ccc5ccccc5c4n(-c4ccc(-c5ccc6ccccc6c5)cc4)c3cc1C21c2ccccc2-c2ccccc21. The van der Waals surface area contributed by atoms with Gasteiger partial charge >= 0.3 is 0 Å². The maximum Gasteiger partial charge on any atom is 0.133 e. The molecule has 0 saturated heterocycles. The van der Waals surface area contributed by atoms with Crippen molar-refractivity contribution >= 4 is 43.4 Å². The average molecular weight is 674 g/mol. The standard InChI is InChI=1S/C51H31NO/c1-2-13-35-29-36(22-21-32(35)11-1)33-23-26-37(27-24-33)52-47-31-46-49(30-42(47)41-28-25-34-12-3-4-14-38(34)50(41)52)53-48-20-10-9-19-45(48)51(46)43-17-7-5-15-39(43)40-16-6-8-18-44(40)51/h1-31H. The Labute approximate surface area is 306 Å². The first kappa shape index (κ1) is 28.8. The van der Waals surface area contributed by atoms with Crippen LogP contribution in [0.1, 0.15) is 22.3 Å². The largest absolute Gasteiger partial charge is 0.457 e. The lowest BCUT2D eigenvalue weighted by Crippen LogP contribution is -2.32. The molecule has 0 atom stereocenters. The van der Waals surface area contributed by atoms with Gasteiger partial charge in [0.05, 0.1) is 16.4 Å². The average Bonchev–Trinajstić information content (AvgIpc) is 3.71. The van der Waals surface area contributed by atoms with Crippen LogP contribution in [0.5, 0.6) is 11.5 Å². The zero-order valence-electron chi connectivity index (χ0n) is 28.8. The Morgan fingerprint density at radius 3 is 1.79 bits per heavy atom. The van der Waals surface area contributed by atoms with Crippen LogP contribution in [-0.4, -0.2) is 4.57 Å². The van der Waals surface area contributed by atoms with Crippen molar-refractivity contribution < 1.29 is 4.74 Å². The number of fused-ring (bicyclic) bond motifs is 15. The van der Waals surface area contributed by atoms with Gasteiger partial charge in [0.25, 0.3) is 0 Å². The molecule has 0 amide bonds. The van der Waals surface area contributed by atoms with Gasteiger partial charge in [0.1, 0.15) is 11.5 Å². The molecule has 2 aliphatic rings. The Kier molecular flexibility index (Phi) is 5.73. The van der Waals surface area contributed by atoms with E-state index >= 15 is 0 Å². The second-order valence-corrected chi connectivity index (χ2v) is 14.4. The van der Waals surface area contributed by atoms with Crippen molar-refractivity contribution in [1.29, 1.82) is 0 Å². The molecular weight excluding hydrogens is 643 g/mol. The predicted octanol–water partition coefficient (Wildman–Crippen LogP) is 13.2. The van der Waals surface area contributed by atoms with E-state index in [9.17, 15) is 0 Å². The first-order chi connectivity index (χ1) is 26.3. The predicted molar refractivity (Wildman–Crippen MR) is 219 cm³/mol. The third kappa shape index (κ3) is 3.82. The summed E-state index contributed by atoms with van der Waals surface area (Å²) in [6.45, 7) is 0. The van der Waals surface area contributed by atoms with E-state index in [1.54, 1.807) is 0 Å². The second kappa shape index (κ2) is 10.6. The van der Waals surface area contributed by atoms with E-state index in [4.69, 9.17) is 4.74 Å². The number of rotatable bonds is 2. The maximum absolute atomic E-state index is 6.94. The van der Waals surface area contributed by atoms with Gasteiger partial charge in [-0.25, -0.2) is 0 Å². The smallest absolute Gasteiger partial charge is 0.133 e. The summed E-state index contributed by atoms with van der Waals surface area (Å²) in [5, 5.41) is 7.35. The van der Waals surface area contributed by atoms with E-state index in [2.05, 4.69) is 193 Å². The molecule has 0 saturated carbocycles. The van der Waals surface area contributed by atoms with E-state index in [0.717, 1.165) is 22.7 Å². The summed E-state index contributed by atoms with van der Waals surface area (Å²) in [7, 11) is 0. The molecule has 10 aromatic rings. The van der Waals surface area contributed by atoms with Crippen molar-refractivity contribution in [2.45, 2.75) is 5.41 Å². The number of hydrogen-bond acceptors (Lipinski definition) is 1. The second-order valence-electron chi connectivity index (χ2n) is 14.4. The van der Waals surface area contributed by atoms with Crippen LogP contribution >= 0.6 is 0 Å². The minimum Gasteiger partial charge on any atom is -0.457 e. The van der Waals surface area contributed by atoms with Crippen molar-refractivity contribution in [3.05, 3.63) is 210 Å². The van der Waals surface area contributed by atoms with Crippen LogP contribution in [0, 0.1) is 0 Å². The van der Waals surface area contributed by atoms with Crippen LogP contribution in [0.25, 0.3) is 71.3 Å². The molecule has 2 nitrogen and oxygen atoms in total. The van der Waals surface area contributed by atoms with Gasteiger partial charge in [0.2, 0.25) is 0 Å². The van der Waals surface area contributed by atoms with Gasteiger partial charge in [0.15, 0.2) is 0 Å². The molecule has 0 N–H and O–H groups in total. The summed E-state index contributed by atoms with van der Waals surface area (Å²) >= 11 is 0. The fraction of sp³-hybridized carbons (Fsp3) is 0.0196. The lowest BCUT2D eigenvalue weighted by Gasteiger charge is -2.39. The highest BCUT2D eigenvalue weighted by atomic mass is 16.5. The molecule has 0 unspecified atom stereocenters. The topological polar surface area (TPSA) is 14.2 Å². The number of nitrogens with zero attached hydrogens (tertiary/aromatic N) is 1. The third-order valence-corrected chi connectivity index (χ3v) is 11.8. The van der Waals surface area contributed by atoms with E-state index in [0.29, 0.717) is 0 Å². The van der Waals surface area contributed by atoms with Crippen molar-refractivity contribution in [2.24, 2.45) is 0 Å². The van der Waals surface area contributed by atoms with Crippen LogP contribution in [0.2, 0.25) is 0 Å². The molecule has 2 heterocycles. The lowest BCUT2D eigenvalue weighted by molar-refractivity contribution is 0.437. The number of hydrogen-bond donors (Lipinski definition) is 0. The van der Waals surface area contributed by atoms with Gasteiger partial charge in [-0.05, 0) is 85.9 Å². The van der Waals surface area contributed by atoms with Gasteiger partial charge < -0.3 is 9.30 Å². The van der Waals surface area contributed by atoms with Crippen molar-refractivity contribution in [3.63, 3.8) is 0 Å². The molecule has 9 aromatic carbocycles. The van der Waals surface area contributed by atoms with Gasteiger partial charge in [-0.15, -0.1) is 0 Å². The summed E-state index contributed by atoms with van der Waals surface area (Å²) in [6, 6.07) is 69.0. The Morgan fingerprint density at radius 1 is 0.377 bits per heavy atom. The highest BCUT2D eigenvalue weighted by Crippen LogP contribution is 2.62. The van der Waals surface area contributed by atoms with E-state index in [1.807, 2.05) is 0 Å². The van der Waals surface area contributed by atoms with Crippen molar-refractivity contribution in [2.75, 3.05) is 0 Å². The monoisotopic (exact) mass is 673 g/mol. The molecule has 1 aromatic heterocycles. The molecule has 53 heavy (non-hydrogen) atoms. The fourth-order valence-corrected chi connectivity index (χ4v) is 9.56. The Hall–Kier alpha value is -6.90. The maximum atomic E-state index is 6.94. The first-order valence-corrected chi connectivity index (χ1v) is 18.3. The summed E-state index contributed by atoms with van der Waals surface area (Å²) in [4.78, 5) is 0. The summed E-state index contributed by atoms with van der Waals surface area (Å²) < 4.78 is 9.42. The number of aromatic nitrogens is 1. The minimum atomic E-state index is -0.533.